The Morgan fingerprint density at radius 3 is 2.48 bits per heavy atom. The average Bonchev–Trinajstić information content (AvgIpc) is 3.07. The molecule has 0 spiro atoms. The van der Waals surface area contributed by atoms with Gasteiger partial charge in [-0.1, -0.05) is 36.4 Å². The number of hydrogen-bond acceptors (Lipinski definition) is 2. The highest BCUT2D eigenvalue weighted by molar-refractivity contribution is 5.98. The lowest BCUT2D eigenvalue weighted by Crippen LogP contribution is -2.12. The van der Waals surface area contributed by atoms with E-state index in [-0.39, 0.29) is 11.8 Å². The van der Waals surface area contributed by atoms with Crippen molar-refractivity contribution in [2.75, 3.05) is 0 Å². The number of fused-ring (bicyclic) bond motifs is 1. The van der Waals surface area contributed by atoms with Crippen LogP contribution in [0.2, 0.25) is 0 Å². The number of carbonyl (C=O) groups is 1. The second kappa shape index (κ2) is 6.36. The summed E-state index contributed by atoms with van der Waals surface area (Å²) in [6.07, 6.45) is 3.89. The predicted octanol–water partition coefficient (Wildman–Crippen LogP) is 4.88. The van der Waals surface area contributed by atoms with Gasteiger partial charge in [-0.2, -0.15) is 0 Å². The monoisotopic (exact) mass is 326 g/mol. The van der Waals surface area contributed by atoms with Gasteiger partial charge in [0.1, 0.15) is 6.04 Å². The number of Topliss-reactive ketones (excluding diaryl/α,β-unsaturated/α-hetero) is 1. The molecule has 1 atom stereocenters. The Balaban J connectivity index is 1.91. The predicted molar refractivity (Wildman–Crippen MR) is 99.9 cm³/mol. The smallest absolute Gasteiger partial charge is 0.159 e. The van der Waals surface area contributed by atoms with Crippen LogP contribution in [0, 0.1) is 0 Å². The van der Waals surface area contributed by atoms with Crippen LogP contribution in [0.15, 0.2) is 85.2 Å². The van der Waals surface area contributed by atoms with E-state index in [0.29, 0.717) is 0 Å². The molecule has 4 rings (SSSR count). The zero-order valence-electron chi connectivity index (χ0n) is 14.0. The Kier molecular flexibility index (Phi) is 3.90. The van der Waals surface area contributed by atoms with E-state index in [4.69, 9.17) is 0 Å². The fraction of sp³-hybridized carbons (Fsp3) is 0.0909. The highest BCUT2D eigenvalue weighted by Crippen LogP contribution is 2.30. The fourth-order valence-electron chi connectivity index (χ4n) is 3.26. The molecule has 1 unspecified atom stereocenters. The lowest BCUT2D eigenvalue weighted by atomic mass is 10.0. The van der Waals surface area contributed by atoms with E-state index in [1.165, 1.54) is 5.56 Å². The average molecular weight is 326 g/mol. The summed E-state index contributed by atoms with van der Waals surface area (Å²) in [6.45, 7) is 1.60. The van der Waals surface area contributed by atoms with Gasteiger partial charge < -0.3 is 4.57 Å². The Hall–Kier alpha value is -3.20. The number of hydrogen-bond donors (Lipinski definition) is 0. The molecule has 0 aliphatic rings. The summed E-state index contributed by atoms with van der Waals surface area (Å²) in [5.41, 5.74) is 3.99. The third kappa shape index (κ3) is 2.85. The molecule has 0 saturated heterocycles. The zero-order chi connectivity index (χ0) is 17.2. The first-order valence-corrected chi connectivity index (χ1v) is 8.31. The minimum absolute atomic E-state index is 0.0110. The van der Waals surface area contributed by atoms with Crippen LogP contribution < -0.4 is 0 Å². The molecule has 0 aliphatic carbocycles. The molecule has 3 nitrogen and oxygen atoms in total. The molecule has 0 radical (unpaired) electrons. The third-order valence-corrected chi connectivity index (χ3v) is 4.49. The van der Waals surface area contributed by atoms with Crippen molar-refractivity contribution in [2.24, 2.45) is 0 Å². The Labute approximate surface area is 146 Å². The summed E-state index contributed by atoms with van der Waals surface area (Å²) in [6, 6.07) is 24.3. The van der Waals surface area contributed by atoms with Crippen molar-refractivity contribution in [1.29, 1.82) is 0 Å². The van der Waals surface area contributed by atoms with Gasteiger partial charge in [-0.15, -0.1) is 0 Å². The van der Waals surface area contributed by atoms with Crippen molar-refractivity contribution in [3.05, 3.63) is 102 Å². The lowest BCUT2D eigenvalue weighted by Gasteiger charge is -2.20. The molecule has 0 aliphatic heterocycles. The summed E-state index contributed by atoms with van der Waals surface area (Å²) in [5, 5.41) is 1.06. The molecule has 0 amide bonds. The number of pyridine rings is 1. The Morgan fingerprint density at radius 2 is 1.76 bits per heavy atom. The van der Waals surface area contributed by atoms with Gasteiger partial charge >= 0.3 is 0 Å². The number of carbonyl (C=O) groups excluding carboxylic acids is 1. The molecule has 2 aromatic heterocycles. The van der Waals surface area contributed by atoms with Crippen molar-refractivity contribution in [3.8, 4) is 0 Å². The Morgan fingerprint density at radius 1 is 0.960 bits per heavy atom. The van der Waals surface area contributed by atoms with E-state index >= 15 is 0 Å². The van der Waals surface area contributed by atoms with Crippen LogP contribution in [0.5, 0.6) is 0 Å². The number of benzene rings is 2. The van der Waals surface area contributed by atoms with E-state index in [1.807, 2.05) is 60.8 Å². The maximum atomic E-state index is 11.7. The molecule has 0 fully saturated rings. The molecule has 4 aromatic rings. The van der Waals surface area contributed by atoms with Crippen molar-refractivity contribution >= 4 is 16.7 Å². The molecular formula is C22H18N2O. The topological polar surface area (TPSA) is 34.9 Å². The zero-order valence-corrected chi connectivity index (χ0v) is 14.0. The quantitative estimate of drug-likeness (QED) is 0.501. The molecule has 2 aromatic carbocycles. The standard InChI is InChI=1S/C22H18N2O/c1-16(25)18-10-11-21-19(15-18)12-14-24(21)22(17-7-3-2-4-8-17)20-9-5-6-13-23-20/h2-15,22H,1H3. The number of nitrogens with zero attached hydrogens (tertiary/aromatic N) is 2. The third-order valence-electron chi connectivity index (χ3n) is 4.49. The highest BCUT2D eigenvalue weighted by Gasteiger charge is 2.19. The van der Waals surface area contributed by atoms with Crippen LogP contribution in [0.1, 0.15) is 34.6 Å². The van der Waals surface area contributed by atoms with Crippen LogP contribution in [0.3, 0.4) is 0 Å². The molecule has 3 heteroatoms. The van der Waals surface area contributed by atoms with Crippen molar-refractivity contribution in [3.63, 3.8) is 0 Å². The minimum Gasteiger partial charge on any atom is -0.334 e. The van der Waals surface area contributed by atoms with Gasteiger partial charge in [0.25, 0.3) is 0 Å². The first-order valence-electron chi connectivity index (χ1n) is 8.31. The van der Waals surface area contributed by atoms with Gasteiger partial charge in [0, 0.05) is 28.9 Å². The molecule has 0 bridgehead atoms. The second-order valence-corrected chi connectivity index (χ2v) is 6.12. The minimum atomic E-state index is -0.0110. The van der Waals surface area contributed by atoms with Crippen molar-refractivity contribution in [1.82, 2.24) is 9.55 Å². The number of rotatable bonds is 4. The number of ketones is 1. The molecule has 0 N–H and O–H groups in total. The number of aromatic nitrogens is 2. The Bertz CT molecular complexity index is 980. The summed E-state index contributed by atoms with van der Waals surface area (Å²) in [7, 11) is 0. The van der Waals surface area contributed by atoms with Crippen molar-refractivity contribution in [2.45, 2.75) is 13.0 Å². The molecular weight excluding hydrogens is 308 g/mol. The van der Waals surface area contributed by atoms with E-state index in [1.54, 1.807) is 6.92 Å². The maximum Gasteiger partial charge on any atom is 0.159 e. The maximum absolute atomic E-state index is 11.7. The van der Waals surface area contributed by atoms with Gasteiger partial charge in [-0.25, -0.2) is 0 Å². The van der Waals surface area contributed by atoms with E-state index < -0.39 is 0 Å². The van der Waals surface area contributed by atoms with E-state index in [2.05, 4.69) is 33.9 Å². The van der Waals surface area contributed by atoms with Crippen LogP contribution in [-0.4, -0.2) is 15.3 Å². The molecule has 2 heterocycles. The normalized spacial score (nSPS) is 12.2. The van der Waals surface area contributed by atoms with E-state index in [9.17, 15) is 4.79 Å². The lowest BCUT2D eigenvalue weighted by molar-refractivity contribution is 0.101. The van der Waals surface area contributed by atoms with Gasteiger partial charge in [0.15, 0.2) is 5.78 Å². The van der Waals surface area contributed by atoms with Crippen LogP contribution in [0.25, 0.3) is 10.9 Å². The first kappa shape index (κ1) is 15.3. The van der Waals surface area contributed by atoms with Gasteiger partial charge in [-0.3, -0.25) is 9.78 Å². The second-order valence-electron chi connectivity index (χ2n) is 6.12. The van der Waals surface area contributed by atoms with Crippen molar-refractivity contribution < 1.29 is 4.79 Å². The summed E-state index contributed by atoms with van der Waals surface area (Å²) < 4.78 is 2.22. The van der Waals surface area contributed by atoms with Crippen LogP contribution >= 0.6 is 0 Å². The van der Waals surface area contributed by atoms with Crippen LogP contribution in [0.4, 0.5) is 0 Å². The SMILES string of the molecule is CC(=O)c1ccc2c(ccn2C(c2ccccc2)c2ccccn2)c1. The largest absolute Gasteiger partial charge is 0.334 e. The molecule has 122 valence electrons. The van der Waals surface area contributed by atoms with Gasteiger partial charge in [-0.05, 0) is 48.9 Å². The molecule has 25 heavy (non-hydrogen) atoms. The summed E-state index contributed by atoms with van der Waals surface area (Å²) in [4.78, 5) is 16.2. The van der Waals surface area contributed by atoms with Gasteiger partial charge in [0.2, 0.25) is 0 Å². The molecule has 0 saturated carbocycles. The first-order chi connectivity index (χ1) is 12.2. The fourth-order valence-corrected chi connectivity index (χ4v) is 3.26. The van der Waals surface area contributed by atoms with Crippen LogP contribution in [-0.2, 0) is 0 Å². The highest BCUT2D eigenvalue weighted by atomic mass is 16.1. The summed E-state index contributed by atoms with van der Waals surface area (Å²) >= 11 is 0. The van der Waals surface area contributed by atoms with E-state index in [0.717, 1.165) is 22.2 Å². The van der Waals surface area contributed by atoms with Gasteiger partial charge in [0.05, 0.1) is 5.69 Å². The summed E-state index contributed by atoms with van der Waals surface area (Å²) in [5.74, 6) is 0.0824.